The van der Waals surface area contributed by atoms with Crippen molar-refractivity contribution in [1.82, 2.24) is 0 Å². The zero-order valence-electron chi connectivity index (χ0n) is 24.7. The lowest BCUT2D eigenvalue weighted by atomic mass is 9.38. The second-order valence-corrected chi connectivity index (χ2v) is 16.0. The quantitative estimate of drug-likeness (QED) is 0.398. The van der Waals surface area contributed by atoms with Crippen LogP contribution < -0.4 is 0 Å². The standard InChI is InChI=1S/C32H54O4/c1-18-15-21-20(29(7)13-11-23(34)27(3,4)25(18)29)16-19(2)32(10)26(22(33)17-30(21,32)8)31(9)14-12-24(36-31)28(5,6)35/h16,18-19,21-26,33-35H,11-15,17H2,1-10H3/t18-,19-,21?,22-,23-,24-,25?,26+,29+,30-,31+,32+/m0/s1. The van der Waals surface area contributed by atoms with Crippen LogP contribution in [0.3, 0.4) is 0 Å². The molecule has 3 saturated carbocycles. The summed E-state index contributed by atoms with van der Waals surface area (Å²) in [5.41, 5.74) is 0.165. The van der Waals surface area contributed by atoms with Gasteiger partial charge in [0.1, 0.15) is 0 Å². The van der Waals surface area contributed by atoms with Crippen LogP contribution in [0.15, 0.2) is 11.6 Å². The summed E-state index contributed by atoms with van der Waals surface area (Å²) in [4.78, 5) is 0. The van der Waals surface area contributed by atoms with Gasteiger partial charge in [-0.25, -0.2) is 0 Å². The molecule has 36 heavy (non-hydrogen) atoms. The van der Waals surface area contributed by atoms with Crippen LogP contribution in [0, 0.1) is 51.2 Å². The van der Waals surface area contributed by atoms with Crippen LogP contribution in [-0.4, -0.2) is 44.8 Å². The minimum Gasteiger partial charge on any atom is -0.393 e. The Morgan fingerprint density at radius 3 is 2.17 bits per heavy atom. The molecule has 12 atom stereocenters. The monoisotopic (exact) mass is 502 g/mol. The number of hydrogen-bond acceptors (Lipinski definition) is 4. The van der Waals surface area contributed by atoms with E-state index in [0.717, 1.165) is 38.5 Å². The lowest BCUT2D eigenvalue weighted by molar-refractivity contribution is -0.185. The van der Waals surface area contributed by atoms with E-state index in [9.17, 15) is 15.3 Å². The molecule has 0 radical (unpaired) electrons. The molecule has 0 aromatic rings. The lowest BCUT2D eigenvalue weighted by Crippen LogP contribution is -2.62. The normalized spacial score (nSPS) is 56.5. The van der Waals surface area contributed by atoms with Gasteiger partial charge in [-0.05, 0) is 105 Å². The number of allylic oxidation sites excluding steroid dienone is 2. The topological polar surface area (TPSA) is 69.9 Å². The first kappa shape index (κ1) is 27.2. The maximum atomic E-state index is 11.9. The summed E-state index contributed by atoms with van der Waals surface area (Å²) >= 11 is 0. The summed E-state index contributed by atoms with van der Waals surface area (Å²) in [5, 5.41) is 33.6. The third-order valence-corrected chi connectivity index (χ3v) is 13.3. The Labute approximate surface area is 220 Å². The van der Waals surface area contributed by atoms with Crippen LogP contribution in [0.5, 0.6) is 0 Å². The fourth-order valence-electron chi connectivity index (χ4n) is 11.5. The Morgan fingerprint density at radius 1 is 0.944 bits per heavy atom. The maximum absolute atomic E-state index is 11.9. The average molecular weight is 503 g/mol. The van der Waals surface area contributed by atoms with Crippen molar-refractivity contribution >= 4 is 0 Å². The Kier molecular flexibility index (Phi) is 5.91. The summed E-state index contributed by atoms with van der Waals surface area (Å²) in [7, 11) is 0. The first-order valence-corrected chi connectivity index (χ1v) is 14.8. The van der Waals surface area contributed by atoms with E-state index in [1.807, 2.05) is 13.8 Å². The molecule has 1 aliphatic heterocycles. The molecular formula is C32H54O4. The van der Waals surface area contributed by atoms with E-state index in [-0.39, 0.29) is 39.8 Å². The number of fused-ring (bicyclic) bond motifs is 5. The predicted octanol–water partition coefficient (Wildman–Crippen LogP) is 6.12. The maximum Gasteiger partial charge on any atom is 0.0865 e. The van der Waals surface area contributed by atoms with E-state index in [0.29, 0.717) is 23.7 Å². The van der Waals surface area contributed by atoms with Gasteiger partial charge in [0, 0.05) is 5.92 Å². The smallest absolute Gasteiger partial charge is 0.0865 e. The summed E-state index contributed by atoms with van der Waals surface area (Å²) in [6.07, 6.45) is 7.36. The SMILES string of the molecule is C[C@H]1CC2C(=C[C@H](C)[C@]3(C)[C@@H]([C@@]4(C)CC[C@@H](C(C)(C)O)O4)[C@@H](O)C[C@@]23C)[C@@]2(C)CC[C@H](O)C(C)(C)C12. The van der Waals surface area contributed by atoms with Crippen molar-refractivity contribution in [3.05, 3.63) is 11.6 Å². The largest absolute Gasteiger partial charge is 0.393 e. The molecule has 3 N–H and O–H groups in total. The molecule has 1 heterocycles. The van der Waals surface area contributed by atoms with E-state index in [2.05, 4.69) is 61.5 Å². The van der Waals surface area contributed by atoms with Crippen LogP contribution in [0.25, 0.3) is 0 Å². The molecule has 206 valence electrons. The molecule has 5 rings (SSSR count). The molecule has 1 saturated heterocycles. The van der Waals surface area contributed by atoms with Crippen molar-refractivity contribution in [3.63, 3.8) is 0 Å². The van der Waals surface area contributed by atoms with Crippen LogP contribution in [0.4, 0.5) is 0 Å². The Balaban J connectivity index is 1.59. The van der Waals surface area contributed by atoms with Gasteiger partial charge in [-0.3, -0.25) is 0 Å². The minimum atomic E-state index is -0.877. The number of aliphatic hydroxyl groups excluding tert-OH is 2. The van der Waals surface area contributed by atoms with Gasteiger partial charge in [0.05, 0.1) is 29.5 Å². The molecule has 2 unspecified atom stereocenters. The highest BCUT2D eigenvalue weighted by Crippen LogP contribution is 2.75. The Morgan fingerprint density at radius 2 is 1.58 bits per heavy atom. The van der Waals surface area contributed by atoms with E-state index in [1.54, 1.807) is 5.57 Å². The molecule has 4 nitrogen and oxygen atoms in total. The number of rotatable bonds is 2. The van der Waals surface area contributed by atoms with Gasteiger partial charge in [-0.15, -0.1) is 0 Å². The van der Waals surface area contributed by atoms with Gasteiger partial charge >= 0.3 is 0 Å². The van der Waals surface area contributed by atoms with Crippen LogP contribution in [0.2, 0.25) is 0 Å². The third-order valence-electron chi connectivity index (χ3n) is 13.3. The van der Waals surface area contributed by atoms with Crippen molar-refractivity contribution < 1.29 is 20.1 Å². The fourth-order valence-corrected chi connectivity index (χ4v) is 11.5. The number of ether oxygens (including phenoxy) is 1. The molecule has 0 aromatic carbocycles. The lowest BCUT2D eigenvalue weighted by Gasteiger charge is -2.67. The average Bonchev–Trinajstić information content (AvgIpc) is 3.23. The highest BCUT2D eigenvalue weighted by atomic mass is 16.5. The minimum absolute atomic E-state index is 0.0256. The van der Waals surface area contributed by atoms with Crippen LogP contribution >= 0.6 is 0 Å². The highest BCUT2D eigenvalue weighted by Gasteiger charge is 2.72. The zero-order chi connectivity index (χ0) is 26.9. The fraction of sp³-hybridized carbons (Fsp3) is 0.938. The first-order valence-electron chi connectivity index (χ1n) is 14.8. The Hall–Kier alpha value is -0.420. The van der Waals surface area contributed by atoms with Gasteiger partial charge in [-0.2, -0.15) is 0 Å². The molecule has 0 aromatic heterocycles. The third kappa shape index (κ3) is 3.26. The molecule has 4 fully saturated rings. The van der Waals surface area contributed by atoms with Gasteiger partial charge in [0.2, 0.25) is 0 Å². The van der Waals surface area contributed by atoms with Gasteiger partial charge in [0.25, 0.3) is 0 Å². The predicted molar refractivity (Wildman–Crippen MR) is 144 cm³/mol. The number of aliphatic hydroxyl groups is 3. The molecule has 0 spiro atoms. The van der Waals surface area contributed by atoms with Gasteiger partial charge in [0.15, 0.2) is 0 Å². The van der Waals surface area contributed by atoms with Crippen LogP contribution in [0.1, 0.15) is 108 Å². The second-order valence-electron chi connectivity index (χ2n) is 16.0. The summed E-state index contributed by atoms with van der Waals surface area (Å²) in [5.74, 6) is 1.77. The second kappa shape index (κ2) is 7.83. The number of hydrogen-bond donors (Lipinski definition) is 3. The van der Waals surface area contributed by atoms with Crippen molar-refractivity contribution in [2.75, 3.05) is 0 Å². The zero-order valence-corrected chi connectivity index (χ0v) is 24.7. The van der Waals surface area contributed by atoms with E-state index in [4.69, 9.17) is 4.74 Å². The summed E-state index contributed by atoms with van der Waals surface area (Å²) < 4.78 is 6.72. The van der Waals surface area contributed by atoms with E-state index >= 15 is 0 Å². The van der Waals surface area contributed by atoms with E-state index in [1.165, 1.54) is 0 Å². The van der Waals surface area contributed by atoms with Crippen molar-refractivity contribution in [2.45, 2.75) is 137 Å². The van der Waals surface area contributed by atoms with Crippen molar-refractivity contribution in [2.24, 2.45) is 51.2 Å². The Bertz CT molecular complexity index is 933. The molecule has 0 amide bonds. The van der Waals surface area contributed by atoms with Crippen LogP contribution in [-0.2, 0) is 4.74 Å². The molecule has 0 bridgehead atoms. The molecule has 4 heteroatoms. The van der Waals surface area contributed by atoms with Crippen molar-refractivity contribution in [1.29, 1.82) is 0 Å². The highest BCUT2D eigenvalue weighted by molar-refractivity contribution is 5.36. The van der Waals surface area contributed by atoms with E-state index < -0.39 is 17.3 Å². The molecular weight excluding hydrogens is 448 g/mol. The summed E-state index contributed by atoms with van der Waals surface area (Å²) in [6.45, 7) is 22.7. The molecule has 4 aliphatic carbocycles. The van der Waals surface area contributed by atoms with Gasteiger partial charge < -0.3 is 20.1 Å². The van der Waals surface area contributed by atoms with Crippen molar-refractivity contribution in [3.8, 4) is 0 Å². The first-order chi connectivity index (χ1) is 16.3. The summed E-state index contributed by atoms with van der Waals surface area (Å²) in [6, 6.07) is 0. The molecule has 5 aliphatic rings. The van der Waals surface area contributed by atoms with Gasteiger partial charge in [-0.1, -0.05) is 60.1 Å².